The molecular formula is C8H13NO3S. The van der Waals surface area contributed by atoms with E-state index in [1.54, 1.807) is 12.4 Å². The molecule has 0 bridgehead atoms. The fraction of sp³-hybridized carbons (Fsp3) is 0.500. The van der Waals surface area contributed by atoms with Gasteiger partial charge in [0.25, 0.3) is 5.97 Å². The summed E-state index contributed by atoms with van der Waals surface area (Å²) in [6.45, 7) is 4.74. The van der Waals surface area contributed by atoms with Crippen molar-refractivity contribution in [1.82, 2.24) is 4.98 Å². The zero-order chi connectivity index (χ0) is 10.4. The van der Waals surface area contributed by atoms with E-state index in [0.29, 0.717) is 0 Å². The van der Waals surface area contributed by atoms with Crippen LogP contribution in [0.3, 0.4) is 0 Å². The van der Waals surface area contributed by atoms with Gasteiger partial charge in [-0.2, -0.15) is 0 Å². The number of nitrogens with zero attached hydrogens (tertiary/aromatic N) is 1. The number of aliphatic hydroxyl groups is 1. The summed E-state index contributed by atoms with van der Waals surface area (Å²) in [5.74, 6) is -0.833. The topological polar surface area (TPSA) is 70.4 Å². The third kappa shape index (κ3) is 5.32. The maximum atomic E-state index is 9.06. The lowest BCUT2D eigenvalue weighted by Gasteiger charge is -1.98. The number of carboxylic acids is 1. The molecule has 1 atom stereocenters. The van der Waals surface area contributed by atoms with Crippen LogP contribution in [0.4, 0.5) is 0 Å². The molecule has 0 radical (unpaired) electrons. The van der Waals surface area contributed by atoms with Crippen molar-refractivity contribution < 1.29 is 15.0 Å². The minimum Gasteiger partial charge on any atom is -0.481 e. The number of hydrogen-bond donors (Lipinski definition) is 2. The monoisotopic (exact) mass is 203 g/mol. The minimum atomic E-state index is -0.833. The van der Waals surface area contributed by atoms with Crippen LogP contribution in [0.25, 0.3) is 0 Å². The highest BCUT2D eigenvalue weighted by Crippen LogP contribution is 2.19. The number of aliphatic hydroxyl groups excluding tert-OH is 1. The lowest BCUT2D eigenvalue weighted by molar-refractivity contribution is -0.134. The molecule has 0 saturated carbocycles. The van der Waals surface area contributed by atoms with Gasteiger partial charge < -0.3 is 10.2 Å². The van der Waals surface area contributed by atoms with Crippen molar-refractivity contribution in [3.63, 3.8) is 0 Å². The average Bonchev–Trinajstić information content (AvgIpc) is 2.33. The van der Waals surface area contributed by atoms with E-state index in [0.717, 1.165) is 17.5 Å². The first-order chi connectivity index (χ1) is 5.95. The molecule has 0 amide bonds. The highest BCUT2D eigenvalue weighted by molar-refractivity contribution is 7.09. The van der Waals surface area contributed by atoms with E-state index in [1.165, 1.54) is 11.3 Å². The first-order valence-electron chi connectivity index (χ1n) is 3.72. The van der Waals surface area contributed by atoms with Crippen molar-refractivity contribution in [3.8, 4) is 0 Å². The van der Waals surface area contributed by atoms with E-state index >= 15 is 0 Å². The van der Waals surface area contributed by atoms with Crippen LogP contribution in [0, 0.1) is 6.92 Å². The zero-order valence-corrected chi connectivity index (χ0v) is 8.63. The molecule has 0 fully saturated rings. The van der Waals surface area contributed by atoms with Gasteiger partial charge in [0, 0.05) is 6.92 Å². The third-order valence-electron chi connectivity index (χ3n) is 1.16. The predicted molar refractivity (Wildman–Crippen MR) is 50.8 cm³/mol. The Balaban J connectivity index is 0.000000310. The normalized spacial score (nSPS) is 11.4. The molecule has 1 heterocycles. The summed E-state index contributed by atoms with van der Waals surface area (Å²) in [6, 6.07) is 0. The van der Waals surface area contributed by atoms with Gasteiger partial charge in [-0.1, -0.05) is 0 Å². The summed E-state index contributed by atoms with van der Waals surface area (Å²) in [6.07, 6.45) is -0.363. The summed E-state index contributed by atoms with van der Waals surface area (Å²) < 4.78 is 0. The molecule has 0 aliphatic rings. The third-order valence-corrected chi connectivity index (χ3v) is 2.26. The van der Waals surface area contributed by atoms with Crippen molar-refractivity contribution in [2.24, 2.45) is 0 Å². The molecule has 0 aromatic carbocycles. The van der Waals surface area contributed by atoms with Gasteiger partial charge in [0.05, 0.1) is 22.2 Å². The molecule has 74 valence electrons. The molecule has 5 heteroatoms. The lowest BCUT2D eigenvalue weighted by Crippen LogP contribution is -1.88. The summed E-state index contributed by atoms with van der Waals surface area (Å²) in [7, 11) is 0. The van der Waals surface area contributed by atoms with E-state index < -0.39 is 5.97 Å². The molecule has 2 N–H and O–H groups in total. The number of thiazole rings is 1. The number of aliphatic carboxylic acids is 1. The van der Waals surface area contributed by atoms with Crippen molar-refractivity contribution >= 4 is 17.3 Å². The Bertz CT molecular complexity index is 266. The Morgan fingerprint density at radius 1 is 1.69 bits per heavy atom. The van der Waals surface area contributed by atoms with Gasteiger partial charge in [-0.3, -0.25) is 4.79 Å². The summed E-state index contributed by atoms with van der Waals surface area (Å²) in [5, 5.41) is 16.5. The van der Waals surface area contributed by atoms with Crippen LogP contribution in [0.15, 0.2) is 5.51 Å². The highest BCUT2D eigenvalue weighted by atomic mass is 32.1. The second-order valence-electron chi connectivity index (χ2n) is 2.50. The summed E-state index contributed by atoms with van der Waals surface area (Å²) in [4.78, 5) is 14.0. The van der Waals surface area contributed by atoms with Gasteiger partial charge in [-0.05, 0) is 13.8 Å². The number of hydrogen-bond acceptors (Lipinski definition) is 4. The Morgan fingerprint density at radius 2 is 2.15 bits per heavy atom. The Morgan fingerprint density at radius 3 is 2.31 bits per heavy atom. The molecule has 1 unspecified atom stereocenters. The molecule has 0 saturated heterocycles. The number of rotatable bonds is 1. The lowest BCUT2D eigenvalue weighted by atomic mass is 10.3. The Kier molecular flexibility index (Phi) is 5.25. The number of carbonyl (C=O) groups is 1. The smallest absolute Gasteiger partial charge is 0.300 e. The molecule has 13 heavy (non-hydrogen) atoms. The van der Waals surface area contributed by atoms with Crippen LogP contribution in [-0.2, 0) is 4.79 Å². The molecule has 1 aromatic heterocycles. The standard InChI is InChI=1S/C6H9NOS.C2H4O2/c1-4-6(5(2)8)9-3-7-4;1-2(3)4/h3,5,8H,1-2H3;1H3,(H,3,4). The van der Waals surface area contributed by atoms with Crippen molar-refractivity contribution in [2.45, 2.75) is 26.9 Å². The molecule has 0 aliphatic heterocycles. The Hall–Kier alpha value is -0.940. The van der Waals surface area contributed by atoms with Gasteiger partial charge >= 0.3 is 0 Å². The van der Waals surface area contributed by atoms with E-state index in [9.17, 15) is 0 Å². The minimum absolute atomic E-state index is 0.363. The largest absolute Gasteiger partial charge is 0.481 e. The van der Waals surface area contributed by atoms with E-state index in [2.05, 4.69) is 4.98 Å². The first-order valence-corrected chi connectivity index (χ1v) is 4.60. The van der Waals surface area contributed by atoms with Gasteiger partial charge in [0.2, 0.25) is 0 Å². The van der Waals surface area contributed by atoms with Crippen LogP contribution in [0.1, 0.15) is 30.5 Å². The summed E-state index contributed by atoms with van der Waals surface area (Å²) in [5.41, 5.74) is 2.69. The van der Waals surface area contributed by atoms with Crippen LogP contribution in [0.2, 0.25) is 0 Å². The second-order valence-corrected chi connectivity index (χ2v) is 3.38. The van der Waals surface area contributed by atoms with Gasteiger partial charge in [-0.15, -0.1) is 11.3 Å². The quantitative estimate of drug-likeness (QED) is 0.727. The van der Waals surface area contributed by atoms with Gasteiger partial charge in [0.15, 0.2) is 0 Å². The number of aromatic nitrogens is 1. The molecule has 0 aliphatic carbocycles. The maximum Gasteiger partial charge on any atom is 0.300 e. The molecule has 4 nitrogen and oxygen atoms in total. The molecule has 1 rings (SSSR count). The fourth-order valence-electron chi connectivity index (χ4n) is 0.712. The Labute approximate surface area is 80.9 Å². The molecule has 0 spiro atoms. The molecule has 1 aromatic rings. The van der Waals surface area contributed by atoms with E-state index in [4.69, 9.17) is 15.0 Å². The van der Waals surface area contributed by atoms with Gasteiger partial charge in [0.1, 0.15) is 0 Å². The maximum absolute atomic E-state index is 9.06. The van der Waals surface area contributed by atoms with Crippen LogP contribution in [-0.4, -0.2) is 21.2 Å². The highest BCUT2D eigenvalue weighted by Gasteiger charge is 2.05. The fourth-order valence-corrected chi connectivity index (χ4v) is 1.46. The van der Waals surface area contributed by atoms with Crippen LogP contribution in [0.5, 0.6) is 0 Å². The number of aryl methyl sites for hydroxylation is 1. The van der Waals surface area contributed by atoms with Crippen molar-refractivity contribution in [3.05, 3.63) is 16.1 Å². The zero-order valence-electron chi connectivity index (χ0n) is 7.81. The summed E-state index contributed by atoms with van der Waals surface area (Å²) >= 11 is 1.50. The van der Waals surface area contributed by atoms with E-state index in [1.807, 2.05) is 6.92 Å². The molecular weight excluding hydrogens is 190 g/mol. The van der Waals surface area contributed by atoms with Gasteiger partial charge in [-0.25, -0.2) is 4.98 Å². The first kappa shape index (κ1) is 12.1. The predicted octanol–water partition coefficient (Wildman–Crippen LogP) is 1.60. The number of carboxylic acid groups (broad SMARTS) is 1. The SMILES string of the molecule is CC(=O)O.Cc1ncsc1C(C)O. The average molecular weight is 203 g/mol. The van der Waals surface area contributed by atoms with E-state index in [-0.39, 0.29) is 6.10 Å². The van der Waals surface area contributed by atoms with Crippen LogP contribution < -0.4 is 0 Å². The van der Waals surface area contributed by atoms with Crippen LogP contribution >= 0.6 is 11.3 Å². The van der Waals surface area contributed by atoms with Crippen molar-refractivity contribution in [2.75, 3.05) is 0 Å². The van der Waals surface area contributed by atoms with Crippen molar-refractivity contribution in [1.29, 1.82) is 0 Å². The second kappa shape index (κ2) is 5.66.